The van der Waals surface area contributed by atoms with Crippen molar-refractivity contribution < 1.29 is 9.90 Å². The minimum Gasteiger partial charge on any atom is -0.478 e. The smallest absolute Gasteiger partial charge is 0.337 e. The van der Waals surface area contributed by atoms with Crippen molar-refractivity contribution in [1.29, 1.82) is 0 Å². The number of nitrogens with zero attached hydrogens (tertiary/aromatic N) is 1. The van der Waals surface area contributed by atoms with E-state index in [9.17, 15) is 4.79 Å². The van der Waals surface area contributed by atoms with Gasteiger partial charge in [0.1, 0.15) is 5.82 Å². The maximum Gasteiger partial charge on any atom is 0.337 e. The Morgan fingerprint density at radius 1 is 1.44 bits per heavy atom. The Bertz CT molecular complexity index is 451. The zero-order chi connectivity index (χ0) is 13.2. The van der Waals surface area contributed by atoms with Crippen molar-refractivity contribution in [3.63, 3.8) is 0 Å². The number of nitrogens with one attached hydrogen (secondary N) is 1. The third kappa shape index (κ3) is 2.81. The van der Waals surface area contributed by atoms with Gasteiger partial charge in [-0.3, -0.25) is 0 Å². The van der Waals surface area contributed by atoms with Gasteiger partial charge in [-0.2, -0.15) is 0 Å². The molecule has 1 fully saturated rings. The summed E-state index contributed by atoms with van der Waals surface area (Å²) in [4.78, 5) is 15.2. The molecule has 98 valence electrons. The van der Waals surface area contributed by atoms with Gasteiger partial charge in [0.25, 0.3) is 0 Å². The first-order valence-corrected chi connectivity index (χ1v) is 6.45. The second-order valence-electron chi connectivity index (χ2n) is 5.51. The highest BCUT2D eigenvalue weighted by Crippen LogP contribution is 2.37. The summed E-state index contributed by atoms with van der Waals surface area (Å²) in [6.07, 6.45) is 5.13. The van der Waals surface area contributed by atoms with Crippen LogP contribution in [0.25, 0.3) is 0 Å². The molecule has 4 heteroatoms. The van der Waals surface area contributed by atoms with Gasteiger partial charge in [0.05, 0.1) is 11.3 Å². The van der Waals surface area contributed by atoms with E-state index in [1.807, 2.05) is 0 Å². The molecule has 1 aliphatic carbocycles. The van der Waals surface area contributed by atoms with E-state index < -0.39 is 5.97 Å². The number of carbonyl (C=O) groups is 1. The van der Waals surface area contributed by atoms with E-state index in [2.05, 4.69) is 17.2 Å². The highest BCUT2D eigenvalue weighted by atomic mass is 16.4. The molecule has 1 heterocycles. The van der Waals surface area contributed by atoms with Crippen LogP contribution in [0.3, 0.4) is 0 Å². The number of aromatic nitrogens is 1. The molecular weight excluding hydrogens is 228 g/mol. The average molecular weight is 248 g/mol. The molecule has 1 aliphatic rings. The lowest BCUT2D eigenvalue weighted by Crippen LogP contribution is -2.23. The van der Waals surface area contributed by atoms with Gasteiger partial charge in [-0.25, -0.2) is 9.78 Å². The molecule has 0 aromatic carbocycles. The van der Waals surface area contributed by atoms with Gasteiger partial charge >= 0.3 is 5.97 Å². The standard InChI is InChI=1S/C14H20N2O2/c1-10-11(13(17)18)5-6-12(16-10)15-9-14(2)7-3-4-8-14/h5-6H,3-4,7-9H2,1-2H3,(H,15,16)(H,17,18). The second kappa shape index (κ2) is 4.96. The first-order chi connectivity index (χ1) is 8.50. The fourth-order valence-electron chi connectivity index (χ4n) is 2.59. The molecule has 0 radical (unpaired) electrons. The molecule has 0 unspecified atom stereocenters. The van der Waals surface area contributed by atoms with E-state index >= 15 is 0 Å². The summed E-state index contributed by atoms with van der Waals surface area (Å²) in [6, 6.07) is 3.36. The van der Waals surface area contributed by atoms with E-state index in [-0.39, 0.29) is 5.56 Å². The number of aryl methyl sites for hydroxylation is 1. The summed E-state index contributed by atoms with van der Waals surface area (Å²) in [5.74, 6) is -0.153. The fourth-order valence-corrected chi connectivity index (χ4v) is 2.59. The fraction of sp³-hybridized carbons (Fsp3) is 0.571. The van der Waals surface area contributed by atoms with Crippen molar-refractivity contribution in [2.75, 3.05) is 11.9 Å². The maximum absolute atomic E-state index is 10.9. The van der Waals surface area contributed by atoms with E-state index in [4.69, 9.17) is 5.11 Å². The molecular formula is C14H20N2O2. The topological polar surface area (TPSA) is 62.2 Å². The third-order valence-corrected chi connectivity index (χ3v) is 3.82. The Balaban J connectivity index is 2.02. The number of hydrogen-bond acceptors (Lipinski definition) is 3. The summed E-state index contributed by atoms with van der Waals surface area (Å²) in [5, 5.41) is 12.3. The Kier molecular flexibility index (Phi) is 3.55. The van der Waals surface area contributed by atoms with Gasteiger partial charge in [0.2, 0.25) is 0 Å². The number of pyridine rings is 1. The first-order valence-electron chi connectivity index (χ1n) is 6.45. The van der Waals surface area contributed by atoms with E-state index in [1.165, 1.54) is 25.7 Å². The lowest BCUT2D eigenvalue weighted by molar-refractivity contribution is 0.0695. The molecule has 0 atom stereocenters. The van der Waals surface area contributed by atoms with Crippen LogP contribution in [0.2, 0.25) is 0 Å². The van der Waals surface area contributed by atoms with E-state index in [0.717, 1.165) is 12.4 Å². The molecule has 0 aliphatic heterocycles. The maximum atomic E-state index is 10.9. The molecule has 2 rings (SSSR count). The third-order valence-electron chi connectivity index (χ3n) is 3.82. The highest BCUT2D eigenvalue weighted by molar-refractivity contribution is 5.89. The van der Waals surface area contributed by atoms with Gasteiger partial charge in [-0.15, -0.1) is 0 Å². The van der Waals surface area contributed by atoms with Crippen LogP contribution in [0.1, 0.15) is 48.7 Å². The molecule has 0 saturated heterocycles. The van der Waals surface area contributed by atoms with Crippen LogP contribution in [0, 0.1) is 12.3 Å². The number of hydrogen-bond donors (Lipinski definition) is 2. The van der Waals surface area contributed by atoms with Crippen LogP contribution in [-0.4, -0.2) is 22.6 Å². The molecule has 2 N–H and O–H groups in total. The summed E-state index contributed by atoms with van der Waals surface area (Å²) in [6.45, 7) is 4.93. The Morgan fingerprint density at radius 3 is 2.67 bits per heavy atom. The Hall–Kier alpha value is -1.58. The van der Waals surface area contributed by atoms with E-state index in [0.29, 0.717) is 11.1 Å². The molecule has 1 saturated carbocycles. The van der Waals surface area contributed by atoms with Crippen molar-refractivity contribution in [2.45, 2.75) is 39.5 Å². The second-order valence-corrected chi connectivity index (χ2v) is 5.51. The lowest BCUT2D eigenvalue weighted by atomic mass is 9.89. The average Bonchev–Trinajstić information content (AvgIpc) is 2.74. The van der Waals surface area contributed by atoms with Crippen LogP contribution in [0.4, 0.5) is 5.82 Å². The lowest BCUT2D eigenvalue weighted by Gasteiger charge is -2.24. The Morgan fingerprint density at radius 2 is 2.11 bits per heavy atom. The van der Waals surface area contributed by atoms with Crippen LogP contribution in [0.5, 0.6) is 0 Å². The largest absolute Gasteiger partial charge is 0.478 e. The molecule has 18 heavy (non-hydrogen) atoms. The molecule has 4 nitrogen and oxygen atoms in total. The molecule has 0 bridgehead atoms. The molecule has 1 aromatic heterocycles. The molecule has 0 amide bonds. The van der Waals surface area contributed by atoms with Gasteiger partial charge in [-0.05, 0) is 37.3 Å². The summed E-state index contributed by atoms with van der Waals surface area (Å²) in [5.41, 5.74) is 1.19. The number of carboxylic acid groups (broad SMARTS) is 1. The summed E-state index contributed by atoms with van der Waals surface area (Å²) < 4.78 is 0. The Labute approximate surface area is 107 Å². The van der Waals surface area contributed by atoms with Gasteiger partial charge < -0.3 is 10.4 Å². The van der Waals surface area contributed by atoms with Crippen LogP contribution >= 0.6 is 0 Å². The number of rotatable bonds is 4. The van der Waals surface area contributed by atoms with Crippen molar-refractivity contribution in [1.82, 2.24) is 4.98 Å². The van der Waals surface area contributed by atoms with Gasteiger partial charge in [0, 0.05) is 6.54 Å². The summed E-state index contributed by atoms with van der Waals surface area (Å²) >= 11 is 0. The summed E-state index contributed by atoms with van der Waals surface area (Å²) in [7, 11) is 0. The first kappa shape index (κ1) is 12.9. The predicted octanol–water partition coefficient (Wildman–Crippen LogP) is 3.08. The van der Waals surface area contributed by atoms with Crippen molar-refractivity contribution >= 4 is 11.8 Å². The predicted molar refractivity (Wildman–Crippen MR) is 71.0 cm³/mol. The zero-order valence-electron chi connectivity index (χ0n) is 11.0. The van der Waals surface area contributed by atoms with Crippen molar-refractivity contribution in [3.8, 4) is 0 Å². The van der Waals surface area contributed by atoms with Crippen molar-refractivity contribution in [2.24, 2.45) is 5.41 Å². The van der Waals surface area contributed by atoms with Crippen molar-refractivity contribution in [3.05, 3.63) is 23.4 Å². The minimum atomic E-state index is -0.922. The zero-order valence-corrected chi connectivity index (χ0v) is 11.0. The van der Waals surface area contributed by atoms with Crippen LogP contribution in [0.15, 0.2) is 12.1 Å². The quantitative estimate of drug-likeness (QED) is 0.859. The minimum absolute atomic E-state index is 0.271. The van der Waals surface area contributed by atoms with Crippen LogP contribution < -0.4 is 5.32 Å². The van der Waals surface area contributed by atoms with Gasteiger partial charge in [0.15, 0.2) is 0 Å². The molecule has 0 spiro atoms. The van der Waals surface area contributed by atoms with Gasteiger partial charge in [-0.1, -0.05) is 19.8 Å². The monoisotopic (exact) mass is 248 g/mol. The van der Waals surface area contributed by atoms with Crippen LogP contribution in [-0.2, 0) is 0 Å². The number of anilines is 1. The number of carboxylic acids is 1. The normalized spacial score (nSPS) is 17.7. The van der Waals surface area contributed by atoms with E-state index in [1.54, 1.807) is 19.1 Å². The highest BCUT2D eigenvalue weighted by Gasteiger charge is 2.28. The number of aromatic carboxylic acids is 1. The molecule has 1 aromatic rings. The SMILES string of the molecule is Cc1nc(NCC2(C)CCCC2)ccc1C(=O)O.